The van der Waals surface area contributed by atoms with Crippen molar-refractivity contribution in [1.29, 1.82) is 0 Å². The third-order valence-electron chi connectivity index (χ3n) is 13.3. The Hall–Kier alpha value is -8.34. The van der Waals surface area contributed by atoms with Gasteiger partial charge >= 0.3 is 0 Å². The average Bonchev–Trinajstić information content (AvgIpc) is 3.38. The second-order valence-electron chi connectivity index (χ2n) is 16.9. The first kappa shape index (κ1) is 38.3. The van der Waals surface area contributed by atoms with Gasteiger partial charge in [0.25, 0.3) is 0 Å². The highest BCUT2D eigenvalue weighted by Crippen LogP contribution is 2.52. The van der Waals surface area contributed by atoms with Crippen LogP contribution in [0.15, 0.2) is 267 Å². The zero-order chi connectivity index (χ0) is 43.2. The van der Waals surface area contributed by atoms with Crippen molar-refractivity contribution < 1.29 is 0 Å². The molecule has 0 saturated heterocycles. The molecule has 4 heteroatoms. The van der Waals surface area contributed by atoms with Crippen molar-refractivity contribution >= 4 is 74.3 Å². The van der Waals surface area contributed by atoms with Crippen LogP contribution in [0.4, 0.5) is 51.2 Å². The third kappa shape index (κ3) is 6.29. The molecule has 2 aliphatic rings. The van der Waals surface area contributed by atoms with Gasteiger partial charge in [-0.15, -0.1) is 0 Å². The van der Waals surface area contributed by atoms with Crippen LogP contribution in [0.25, 0.3) is 0 Å². The summed E-state index contributed by atoms with van der Waals surface area (Å²) in [6, 6.07) is 97.7. The van der Waals surface area contributed by atoms with Gasteiger partial charge in [-0.25, -0.2) is 0 Å². The van der Waals surface area contributed by atoms with Crippen LogP contribution in [0.1, 0.15) is 22.3 Å². The van der Waals surface area contributed by atoms with Crippen LogP contribution < -0.4 is 31.1 Å². The van der Waals surface area contributed by atoms with E-state index in [4.69, 9.17) is 0 Å². The van der Waals surface area contributed by atoms with E-state index in [1.807, 2.05) is 0 Å². The zero-order valence-corrected chi connectivity index (χ0v) is 35.8. The Morgan fingerprint density at radius 2 is 0.723 bits per heavy atom. The molecule has 10 aromatic carbocycles. The Balaban J connectivity index is 1.23. The second-order valence-corrected chi connectivity index (χ2v) is 16.9. The summed E-state index contributed by atoms with van der Waals surface area (Å²) in [4.78, 5) is 7.33. The van der Waals surface area contributed by atoms with Gasteiger partial charge in [-0.3, -0.25) is 0 Å². The molecule has 10 aromatic rings. The lowest BCUT2D eigenvalue weighted by molar-refractivity contribution is 0.751. The fourth-order valence-electron chi connectivity index (χ4n) is 10.7. The predicted octanol–water partition coefficient (Wildman–Crippen LogP) is 13.6. The molecule has 12 rings (SSSR count). The van der Waals surface area contributed by atoms with Gasteiger partial charge < -0.3 is 14.7 Å². The van der Waals surface area contributed by atoms with Gasteiger partial charge in [0.15, 0.2) is 0 Å². The minimum absolute atomic E-state index is 0.0568. The lowest BCUT2D eigenvalue weighted by Gasteiger charge is -2.49. The van der Waals surface area contributed by atoms with Gasteiger partial charge in [-0.1, -0.05) is 187 Å². The molecule has 0 amide bonds. The molecule has 0 saturated carbocycles. The molecule has 65 heavy (non-hydrogen) atoms. The van der Waals surface area contributed by atoms with Crippen LogP contribution in [0.2, 0.25) is 0 Å². The lowest BCUT2D eigenvalue weighted by atomic mass is 9.29. The minimum Gasteiger partial charge on any atom is -0.311 e. The van der Waals surface area contributed by atoms with Crippen molar-refractivity contribution in [2.75, 3.05) is 14.7 Å². The van der Waals surface area contributed by atoms with Crippen molar-refractivity contribution in [2.24, 2.45) is 0 Å². The largest absolute Gasteiger partial charge is 0.311 e. The van der Waals surface area contributed by atoms with Gasteiger partial charge in [0.05, 0.1) is 5.41 Å². The molecule has 306 valence electrons. The number of hydrogen-bond donors (Lipinski definition) is 0. The monoisotopic (exact) mass is 829 g/mol. The Labute approximate surface area is 381 Å². The summed E-state index contributed by atoms with van der Waals surface area (Å²) < 4.78 is 0. The molecule has 0 spiro atoms. The van der Waals surface area contributed by atoms with Gasteiger partial charge in [0, 0.05) is 51.2 Å². The maximum atomic E-state index is 2.54. The number of anilines is 9. The first-order chi connectivity index (χ1) is 32.3. The highest BCUT2D eigenvalue weighted by molar-refractivity contribution is 6.99. The highest BCUT2D eigenvalue weighted by Gasteiger charge is 2.52. The standard InChI is InChI=1S/C61H44BN3/c1-8-24-45(25-9-1)61(46-26-10-2-11-27-46)54-38-22-23-39-56(54)62-57-41-40-52(63(47-28-12-3-13-29-47)48-30-14-4-15-31-48)43-58(57)65(51-36-20-7-21-37-51)59-44-53(42-55(61)60(59)62)64(49-32-16-5-17-33-49)50-34-18-6-19-35-50/h1-44H. The van der Waals surface area contributed by atoms with Crippen LogP contribution in [0.3, 0.4) is 0 Å². The number of rotatable bonds is 9. The van der Waals surface area contributed by atoms with Gasteiger partial charge in [-0.05, 0) is 118 Å². The van der Waals surface area contributed by atoms with Crippen LogP contribution in [-0.4, -0.2) is 6.71 Å². The molecule has 0 N–H and O–H groups in total. The third-order valence-corrected chi connectivity index (χ3v) is 13.3. The number of para-hydroxylation sites is 5. The molecular weight excluding hydrogens is 786 g/mol. The summed E-state index contributed by atoms with van der Waals surface area (Å²) in [7, 11) is 0. The van der Waals surface area contributed by atoms with Crippen LogP contribution in [0, 0.1) is 0 Å². The first-order valence-electron chi connectivity index (χ1n) is 22.5. The fraction of sp³-hybridized carbons (Fsp3) is 0.0164. The van der Waals surface area contributed by atoms with Crippen molar-refractivity contribution in [2.45, 2.75) is 5.41 Å². The zero-order valence-electron chi connectivity index (χ0n) is 35.8. The predicted molar refractivity (Wildman–Crippen MR) is 273 cm³/mol. The molecule has 0 aliphatic carbocycles. The summed E-state index contributed by atoms with van der Waals surface area (Å²) in [5, 5.41) is 0. The van der Waals surface area contributed by atoms with E-state index in [9.17, 15) is 0 Å². The Morgan fingerprint density at radius 3 is 1.23 bits per heavy atom. The molecular formula is C61H44BN3. The van der Waals surface area contributed by atoms with E-state index in [1.165, 1.54) is 38.6 Å². The maximum Gasteiger partial charge on any atom is 0.247 e. The molecule has 0 unspecified atom stereocenters. The van der Waals surface area contributed by atoms with Crippen molar-refractivity contribution in [3.63, 3.8) is 0 Å². The molecule has 0 atom stereocenters. The van der Waals surface area contributed by atoms with Gasteiger partial charge in [0.1, 0.15) is 0 Å². The van der Waals surface area contributed by atoms with E-state index in [0.29, 0.717) is 0 Å². The van der Waals surface area contributed by atoms with E-state index < -0.39 is 5.41 Å². The van der Waals surface area contributed by atoms with E-state index in [2.05, 4.69) is 282 Å². The van der Waals surface area contributed by atoms with E-state index in [1.54, 1.807) is 0 Å². The first-order valence-corrected chi connectivity index (χ1v) is 22.5. The molecule has 0 fully saturated rings. The van der Waals surface area contributed by atoms with Crippen molar-refractivity contribution in [3.8, 4) is 0 Å². The summed E-state index contributed by atoms with van der Waals surface area (Å²) in [6.45, 7) is -0.0568. The summed E-state index contributed by atoms with van der Waals surface area (Å²) in [5.41, 5.74) is 18.2. The maximum absolute atomic E-state index is 2.54. The number of nitrogens with zero attached hydrogens (tertiary/aromatic N) is 3. The number of fused-ring (bicyclic) bond motifs is 4. The van der Waals surface area contributed by atoms with Crippen LogP contribution >= 0.6 is 0 Å². The lowest BCUT2D eigenvalue weighted by Crippen LogP contribution is -2.65. The number of benzene rings is 10. The Kier molecular flexibility index (Phi) is 9.49. The highest BCUT2D eigenvalue weighted by atomic mass is 15.2. The molecule has 3 nitrogen and oxygen atoms in total. The molecule has 2 aliphatic heterocycles. The van der Waals surface area contributed by atoms with Crippen molar-refractivity contribution in [3.05, 3.63) is 289 Å². The van der Waals surface area contributed by atoms with Gasteiger partial charge in [-0.2, -0.15) is 0 Å². The average molecular weight is 830 g/mol. The SMILES string of the molecule is c1ccc(N(c2ccccc2)c2ccc3c(c2)N(c2ccccc2)c2cc(N(c4ccccc4)c4ccccc4)cc4c2B3c2ccccc2C4(c2ccccc2)c2ccccc2)cc1. The summed E-state index contributed by atoms with van der Waals surface area (Å²) >= 11 is 0. The number of hydrogen-bond acceptors (Lipinski definition) is 3. The normalized spacial score (nSPS) is 13.0. The van der Waals surface area contributed by atoms with Crippen LogP contribution in [-0.2, 0) is 5.41 Å². The smallest absolute Gasteiger partial charge is 0.247 e. The van der Waals surface area contributed by atoms with Crippen molar-refractivity contribution in [1.82, 2.24) is 0 Å². The van der Waals surface area contributed by atoms with E-state index in [-0.39, 0.29) is 6.71 Å². The molecule has 0 bridgehead atoms. The fourth-order valence-corrected chi connectivity index (χ4v) is 10.7. The van der Waals surface area contributed by atoms with E-state index >= 15 is 0 Å². The van der Waals surface area contributed by atoms with E-state index in [0.717, 1.165) is 51.2 Å². The quantitative estimate of drug-likeness (QED) is 0.134. The molecule has 0 aromatic heterocycles. The summed E-state index contributed by atoms with van der Waals surface area (Å²) in [6.07, 6.45) is 0. The van der Waals surface area contributed by atoms with Gasteiger partial charge in [0.2, 0.25) is 6.71 Å². The summed E-state index contributed by atoms with van der Waals surface area (Å²) in [5.74, 6) is 0. The molecule has 0 radical (unpaired) electrons. The molecule has 2 heterocycles. The topological polar surface area (TPSA) is 9.72 Å². The van der Waals surface area contributed by atoms with Crippen LogP contribution in [0.5, 0.6) is 0 Å². The minimum atomic E-state index is -0.661. The Morgan fingerprint density at radius 1 is 0.308 bits per heavy atom. The second kappa shape index (κ2) is 16.1. The Bertz CT molecular complexity index is 3140.